The van der Waals surface area contributed by atoms with Crippen molar-refractivity contribution in [2.45, 2.75) is 0 Å². The lowest BCUT2D eigenvalue weighted by Crippen LogP contribution is -1.87. The van der Waals surface area contributed by atoms with E-state index in [1.165, 1.54) is 0 Å². The number of rotatable bonds is 2. The van der Waals surface area contributed by atoms with E-state index in [1.807, 2.05) is 0 Å². The number of hydrogen-bond donors (Lipinski definition) is 2. The zero-order valence-electron chi connectivity index (χ0n) is 5.61. The van der Waals surface area contributed by atoms with Crippen LogP contribution in [0, 0.1) is 0 Å². The van der Waals surface area contributed by atoms with E-state index in [9.17, 15) is 0 Å². The molecule has 11 heavy (non-hydrogen) atoms. The van der Waals surface area contributed by atoms with Crippen molar-refractivity contribution in [2.24, 2.45) is 0 Å². The Morgan fingerprint density at radius 1 is 1.36 bits per heavy atom. The van der Waals surface area contributed by atoms with Crippen LogP contribution in [0.4, 0.5) is 11.7 Å². The molecule has 2 aromatic rings. The summed E-state index contributed by atoms with van der Waals surface area (Å²) in [6.45, 7) is 0. The van der Waals surface area contributed by atoms with Gasteiger partial charge in [0.15, 0.2) is 0 Å². The van der Waals surface area contributed by atoms with Gasteiger partial charge in [-0.15, -0.1) is 0 Å². The second kappa shape index (κ2) is 2.45. The number of hydrogen-bond acceptors (Lipinski definition) is 4. The molecule has 0 unspecified atom stereocenters. The molecule has 2 aromatic heterocycles. The van der Waals surface area contributed by atoms with Crippen molar-refractivity contribution in [1.29, 1.82) is 0 Å². The SMILES string of the molecule is c1cc(Nc2ccno2)[nH]n1. The molecular formula is C6H6N4O. The van der Waals surface area contributed by atoms with Crippen LogP contribution in [-0.2, 0) is 0 Å². The van der Waals surface area contributed by atoms with Crippen LogP contribution < -0.4 is 5.32 Å². The first-order chi connectivity index (χ1) is 5.45. The van der Waals surface area contributed by atoms with Gasteiger partial charge in [0, 0.05) is 12.1 Å². The number of nitrogens with zero attached hydrogens (tertiary/aromatic N) is 2. The Morgan fingerprint density at radius 3 is 3.00 bits per heavy atom. The predicted molar refractivity (Wildman–Crippen MR) is 38.4 cm³/mol. The Labute approximate surface area is 62.4 Å². The van der Waals surface area contributed by atoms with Gasteiger partial charge in [-0.05, 0) is 0 Å². The van der Waals surface area contributed by atoms with Gasteiger partial charge in [0.2, 0.25) is 5.88 Å². The molecule has 0 aliphatic rings. The minimum atomic E-state index is 0.592. The topological polar surface area (TPSA) is 66.7 Å². The predicted octanol–water partition coefficient (Wildman–Crippen LogP) is 1.14. The van der Waals surface area contributed by atoms with Crippen LogP contribution in [0.3, 0.4) is 0 Å². The van der Waals surface area contributed by atoms with E-state index in [2.05, 4.69) is 20.7 Å². The highest BCUT2D eigenvalue weighted by Gasteiger charge is 1.96. The van der Waals surface area contributed by atoms with Crippen LogP contribution in [-0.4, -0.2) is 15.4 Å². The Balaban J connectivity index is 2.14. The van der Waals surface area contributed by atoms with Crippen LogP contribution in [0.5, 0.6) is 0 Å². The molecule has 5 nitrogen and oxygen atoms in total. The third-order valence-electron chi connectivity index (χ3n) is 1.20. The van der Waals surface area contributed by atoms with Crippen molar-refractivity contribution >= 4 is 11.7 Å². The molecule has 0 atom stereocenters. The molecule has 0 saturated carbocycles. The smallest absolute Gasteiger partial charge is 0.230 e. The summed E-state index contributed by atoms with van der Waals surface area (Å²) in [6.07, 6.45) is 3.22. The van der Waals surface area contributed by atoms with E-state index in [-0.39, 0.29) is 0 Å². The summed E-state index contributed by atoms with van der Waals surface area (Å²) >= 11 is 0. The van der Waals surface area contributed by atoms with Crippen molar-refractivity contribution in [3.8, 4) is 0 Å². The minimum Gasteiger partial charge on any atom is -0.339 e. The fraction of sp³-hybridized carbons (Fsp3) is 0. The monoisotopic (exact) mass is 150 g/mol. The number of nitrogens with one attached hydrogen (secondary N) is 2. The van der Waals surface area contributed by atoms with E-state index >= 15 is 0 Å². The Morgan fingerprint density at radius 2 is 2.36 bits per heavy atom. The first-order valence-corrected chi connectivity index (χ1v) is 3.12. The van der Waals surface area contributed by atoms with Crippen LogP contribution in [0.25, 0.3) is 0 Å². The molecule has 2 heterocycles. The van der Waals surface area contributed by atoms with Crippen molar-refractivity contribution in [3.05, 3.63) is 24.5 Å². The van der Waals surface area contributed by atoms with Crippen molar-refractivity contribution in [2.75, 3.05) is 5.32 Å². The van der Waals surface area contributed by atoms with Crippen LogP contribution in [0.1, 0.15) is 0 Å². The zero-order chi connectivity index (χ0) is 7.52. The molecule has 0 aliphatic carbocycles. The van der Waals surface area contributed by atoms with Gasteiger partial charge in [0.05, 0.1) is 12.4 Å². The lowest BCUT2D eigenvalue weighted by Gasteiger charge is -1.93. The maximum atomic E-state index is 4.80. The van der Waals surface area contributed by atoms with Gasteiger partial charge in [-0.1, -0.05) is 5.16 Å². The second-order valence-corrected chi connectivity index (χ2v) is 1.97. The molecule has 0 spiro atoms. The van der Waals surface area contributed by atoms with E-state index in [4.69, 9.17) is 4.52 Å². The van der Waals surface area contributed by atoms with Crippen LogP contribution in [0.15, 0.2) is 29.0 Å². The molecule has 0 aromatic carbocycles. The van der Waals surface area contributed by atoms with Gasteiger partial charge in [0.25, 0.3) is 0 Å². The fourth-order valence-corrected chi connectivity index (χ4v) is 0.738. The van der Waals surface area contributed by atoms with Gasteiger partial charge < -0.3 is 9.84 Å². The molecule has 0 radical (unpaired) electrons. The quantitative estimate of drug-likeness (QED) is 0.673. The lowest BCUT2D eigenvalue weighted by atomic mass is 10.6. The molecule has 0 bridgehead atoms. The number of H-pyrrole nitrogens is 1. The number of aromatic amines is 1. The van der Waals surface area contributed by atoms with Crippen molar-refractivity contribution in [1.82, 2.24) is 15.4 Å². The summed E-state index contributed by atoms with van der Waals surface area (Å²) in [7, 11) is 0. The molecule has 0 aliphatic heterocycles. The molecule has 0 saturated heterocycles. The molecule has 2 N–H and O–H groups in total. The van der Waals surface area contributed by atoms with Gasteiger partial charge in [-0.3, -0.25) is 5.10 Å². The van der Waals surface area contributed by atoms with E-state index in [0.29, 0.717) is 5.88 Å². The van der Waals surface area contributed by atoms with E-state index in [1.54, 1.807) is 24.5 Å². The molecule has 0 amide bonds. The Hall–Kier alpha value is -1.78. The summed E-state index contributed by atoms with van der Waals surface area (Å²) in [5.41, 5.74) is 0. The van der Waals surface area contributed by atoms with Crippen molar-refractivity contribution < 1.29 is 4.52 Å². The first kappa shape index (κ1) is 5.96. The first-order valence-electron chi connectivity index (χ1n) is 3.12. The summed E-state index contributed by atoms with van der Waals surface area (Å²) in [5, 5.41) is 12.9. The normalized spacial score (nSPS) is 9.82. The van der Waals surface area contributed by atoms with Gasteiger partial charge in [0.1, 0.15) is 5.82 Å². The van der Waals surface area contributed by atoms with Crippen molar-refractivity contribution in [3.63, 3.8) is 0 Å². The third kappa shape index (κ3) is 1.21. The van der Waals surface area contributed by atoms with Gasteiger partial charge in [-0.25, -0.2) is 0 Å². The second-order valence-electron chi connectivity index (χ2n) is 1.97. The highest BCUT2D eigenvalue weighted by molar-refractivity contribution is 5.47. The van der Waals surface area contributed by atoms with E-state index < -0.39 is 0 Å². The van der Waals surface area contributed by atoms with Crippen LogP contribution in [0.2, 0.25) is 0 Å². The molecule has 56 valence electrons. The fourth-order valence-electron chi connectivity index (χ4n) is 0.738. The number of aromatic nitrogens is 3. The van der Waals surface area contributed by atoms with Gasteiger partial charge >= 0.3 is 0 Å². The molecule has 5 heteroatoms. The standard InChI is InChI=1S/C6H6N4O/c1-3-7-10-5(1)9-6-2-4-8-11-6/h1-4H,(H2,7,9,10). The summed E-state index contributed by atoms with van der Waals surface area (Å²) in [4.78, 5) is 0. The highest BCUT2D eigenvalue weighted by atomic mass is 16.5. The zero-order valence-corrected chi connectivity index (χ0v) is 5.61. The summed E-state index contributed by atoms with van der Waals surface area (Å²) in [6, 6.07) is 3.52. The average Bonchev–Trinajstić information content (AvgIpc) is 2.60. The van der Waals surface area contributed by atoms with E-state index in [0.717, 1.165) is 5.82 Å². The number of anilines is 2. The van der Waals surface area contributed by atoms with Gasteiger partial charge in [-0.2, -0.15) is 5.10 Å². The molecule has 2 rings (SSSR count). The largest absolute Gasteiger partial charge is 0.339 e. The van der Waals surface area contributed by atoms with Crippen LogP contribution >= 0.6 is 0 Å². The average molecular weight is 150 g/mol. The third-order valence-corrected chi connectivity index (χ3v) is 1.20. The summed E-state index contributed by atoms with van der Waals surface area (Å²) in [5.74, 6) is 1.37. The maximum Gasteiger partial charge on any atom is 0.230 e. The lowest BCUT2D eigenvalue weighted by molar-refractivity contribution is 0.435. The Bertz CT molecular complexity index is 267. The summed E-state index contributed by atoms with van der Waals surface area (Å²) < 4.78 is 4.80. The molecule has 0 fully saturated rings. The maximum absolute atomic E-state index is 4.80. The minimum absolute atomic E-state index is 0.592. The Kier molecular flexibility index (Phi) is 1.33. The highest BCUT2D eigenvalue weighted by Crippen LogP contribution is 2.10. The molecular weight excluding hydrogens is 144 g/mol.